The predicted octanol–water partition coefficient (Wildman–Crippen LogP) is 2.59. The van der Waals surface area contributed by atoms with E-state index in [2.05, 4.69) is 49.1 Å². The van der Waals surface area contributed by atoms with Crippen LogP contribution in [0.5, 0.6) is 0 Å². The first-order valence-electron chi connectivity index (χ1n) is 12.8. The molecule has 11 nitrogen and oxygen atoms in total. The Morgan fingerprint density at radius 3 is 2.68 bits per heavy atom. The number of carbonyl (C=O) groups excluding carboxylic acids is 1. The molecule has 0 radical (unpaired) electrons. The van der Waals surface area contributed by atoms with E-state index in [0.29, 0.717) is 57.6 Å². The minimum Gasteiger partial charge on any atom is -0.378 e. The van der Waals surface area contributed by atoms with Crippen LogP contribution in [-0.4, -0.2) is 88.8 Å². The third-order valence-corrected chi connectivity index (χ3v) is 7.00. The van der Waals surface area contributed by atoms with Gasteiger partial charge in [0.25, 0.3) is 5.91 Å². The molecular formula is C27H31N9O2. The fourth-order valence-corrected chi connectivity index (χ4v) is 4.93. The second-order valence-electron chi connectivity index (χ2n) is 9.67. The van der Waals surface area contributed by atoms with Crippen LogP contribution in [0.2, 0.25) is 0 Å². The van der Waals surface area contributed by atoms with Crippen molar-refractivity contribution in [3.8, 4) is 6.19 Å². The van der Waals surface area contributed by atoms with Crippen LogP contribution in [0.25, 0.3) is 10.9 Å². The molecule has 1 aromatic carbocycles. The van der Waals surface area contributed by atoms with Crippen molar-refractivity contribution in [3.05, 3.63) is 54.4 Å². The number of amides is 1. The van der Waals surface area contributed by atoms with E-state index in [1.807, 2.05) is 42.6 Å². The fourth-order valence-electron chi connectivity index (χ4n) is 4.93. The van der Waals surface area contributed by atoms with E-state index in [0.717, 1.165) is 22.4 Å². The molecule has 0 aliphatic carbocycles. The van der Waals surface area contributed by atoms with Crippen molar-refractivity contribution in [1.29, 1.82) is 5.26 Å². The predicted molar refractivity (Wildman–Crippen MR) is 145 cm³/mol. The highest BCUT2D eigenvalue weighted by atomic mass is 16.5. The Bertz CT molecular complexity index is 1340. The zero-order valence-corrected chi connectivity index (χ0v) is 21.6. The molecule has 196 valence electrons. The Morgan fingerprint density at radius 1 is 1.11 bits per heavy atom. The molecule has 2 saturated heterocycles. The minimum absolute atomic E-state index is 0.0629. The van der Waals surface area contributed by atoms with E-state index in [1.165, 1.54) is 0 Å². The van der Waals surface area contributed by atoms with Gasteiger partial charge >= 0.3 is 0 Å². The van der Waals surface area contributed by atoms with Gasteiger partial charge in [0.05, 0.1) is 30.5 Å². The fraction of sp³-hybridized carbons (Fsp3) is 0.407. The summed E-state index contributed by atoms with van der Waals surface area (Å²) in [6, 6.07) is 13.4. The van der Waals surface area contributed by atoms with Crippen LogP contribution >= 0.6 is 0 Å². The zero-order valence-electron chi connectivity index (χ0n) is 21.6. The second-order valence-corrected chi connectivity index (χ2v) is 9.67. The molecule has 11 heteroatoms. The molecule has 0 bridgehead atoms. The summed E-state index contributed by atoms with van der Waals surface area (Å²) in [6.07, 6.45) is 3.73. The van der Waals surface area contributed by atoms with Crippen molar-refractivity contribution < 1.29 is 9.53 Å². The van der Waals surface area contributed by atoms with Crippen LogP contribution in [0.15, 0.2) is 53.7 Å². The summed E-state index contributed by atoms with van der Waals surface area (Å²) >= 11 is 0. The van der Waals surface area contributed by atoms with Gasteiger partial charge in [-0.15, -0.1) is 15.2 Å². The van der Waals surface area contributed by atoms with Gasteiger partial charge in [-0.25, -0.2) is 0 Å². The van der Waals surface area contributed by atoms with Gasteiger partial charge < -0.3 is 24.8 Å². The van der Waals surface area contributed by atoms with Crippen molar-refractivity contribution in [1.82, 2.24) is 25.0 Å². The lowest BCUT2D eigenvalue weighted by atomic mass is 9.99. The molecule has 2 fully saturated rings. The number of carbonyl (C=O) groups is 1. The number of nitriles is 1. The minimum atomic E-state index is -0.121. The molecule has 0 saturated carbocycles. The number of aromatic nitrogens is 3. The molecule has 1 amide bonds. The maximum atomic E-state index is 12.7. The maximum absolute atomic E-state index is 12.7. The average Bonchev–Trinajstić information content (AvgIpc) is 2.97. The van der Waals surface area contributed by atoms with Gasteiger partial charge in [0.2, 0.25) is 12.2 Å². The Morgan fingerprint density at radius 2 is 1.95 bits per heavy atom. The lowest BCUT2D eigenvalue weighted by molar-refractivity contribution is 0.0298. The average molecular weight is 514 g/mol. The van der Waals surface area contributed by atoms with Gasteiger partial charge in [0.15, 0.2) is 11.5 Å². The molecule has 1 N–H and O–H groups in total. The summed E-state index contributed by atoms with van der Waals surface area (Å²) < 4.78 is 5.33. The molecule has 1 atom stereocenters. The number of aliphatic imine (C=N–C) groups is 1. The van der Waals surface area contributed by atoms with Crippen LogP contribution in [-0.2, 0) is 4.74 Å². The standard InChI is InChI=1S/C27H31N9O2/c1-19(2)24-17-35(25-9-8-23(32-33-25)26(37)34-13-15-38-16-14-34)11-12-36(24)27(30-18-28)31-22-7-3-6-21-20(22)5-4-10-29-21/h3-10,19,24H,11-17H2,1-2H3,(H,30,31). The Labute approximate surface area is 221 Å². The molecule has 4 heterocycles. The van der Waals surface area contributed by atoms with E-state index < -0.39 is 0 Å². The summed E-state index contributed by atoms with van der Waals surface area (Å²) in [5, 5.41) is 22.5. The Kier molecular flexibility index (Phi) is 7.60. The number of guanidine groups is 1. The highest BCUT2D eigenvalue weighted by Gasteiger charge is 2.33. The van der Waals surface area contributed by atoms with Gasteiger partial charge in [-0.2, -0.15) is 5.26 Å². The quantitative estimate of drug-likeness (QED) is 0.319. The summed E-state index contributed by atoms with van der Waals surface area (Å²) in [5.74, 6) is 1.39. The normalized spacial score (nSPS) is 18.5. The first-order valence-corrected chi connectivity index (χ1v) is 12.8. The van der Waals surface area contributed by atoms with Gasteiger partial charge in [0.1, 0.15) is 0 Å². The van der Waals surface area contributed by atoms with Crippen LogP contribution in [0.1, 0.15) is 24.3 Å². The topological polar surface area (TPSA) is 123 Å². The summed E-state index contributed by atoms with van der Waals surface area (Å²) in [7, 11) is 0. The van der Waals surface area contributed by atoms with Crippen LogP contribution in [0.3, 0.4) is 0 Å². The van der Waals surface area contributed by atoms with E-state index in [9.17, 15) is 10.1 Å². The van der Waals surface area contributed by atoms with Crippen LogP contribution in [0, 0.1) is 17.4 Å². The zero-order chi connectivity index (χ0) is 26.5. The SMILES string of the molecule is CC(C)C1CN(c2ccc(C(=O)N3CCOCC3)nn2)CCN1/C(=N/C#N)Nc1cccc2ncccc12. The molecule has 2 aliphatic rings. The number of pyridine rings is 1. The molecule has 5 rings (SSSR count). The van der Waals surface area contributed by atoms with Crippen molar-refractivity contribution >= 4 is 34.3 Å². The van der Waals surface area contributed by atoms with Crippen molar-refractivity contribution in [2.45, 2.75) is 19.9 Å². The first-order chi connectivity index (χ1) is 18.5. The lowest BCUT2D eigenvalue weighted by Gasteiger charge is -2.44. The summed E-state index contributed by atoms with van der Waals surface area (Å²) in [4.78, 5) is 27.4. The van der Waals surface area contributed by atoms with E-state index in [-0.39, 0.29) is 17.9 Å². The van der Waals surface area contributed by atoms with E-state index in [1.54, 1.807) is 17.2 Å². The number of hydrogen-bond donors (Lipinski definition) is 1. The monoisotopic (exact) mass is 513 g/mol. The van der Waals surface area contributed by atoms with Crippen molar-refractivity contribution in [2.24, 2.45) is 10.9 Å². The highest BCUT2D eigenvalue weighted by Crippen LogP contribution is 2.25. The van der Waals surface area contributed by atoms with Gasteiger partial charge in [-0.1, -0.05) is 19.9 Å². The third kappa shape index (κ3) is 5.35. The smallest absolute Gasteiger partial charge is 0.274 e. The maximum Gasteiger partial charge on any atom is 0.274 e. The van der Waals surface area contributed by atoms with Gasteiger partial charge in [-0.3, -0.25) is 9.78 Å². The van der Waals surface area contributed by atoms with Crippen molar-refractivity contribution in [3.63, 3.8) is 0 Å². The molecule has 0 spiro atoms. The number of anilines is 2. The van der Waals surface area contributed by atoms with Gasteiger partial charge in [-0.05, 0) is 42.3 Å². The largest absolute Gasteiger partial charge is 0.378 e. The van der Waals surface area contributed by atoms with Crippen LogP contribution < -0.4 is 10.2 Å². The molecule has 3 aromatic rings. The molecule has 2 aromatic heterocycles. The second kappa shape index (κ2) is 11.4. The number of nitrogens with one attached hydrogen (secondary N) is 1. The van der Waals surface area contributed by atoms with Gasteiger partial charge in [0, 0.05) is 44.3 Å². The number of benzene rings is 1. The van der Waals surface area contributed by atoms with Crippen molar-refractivity contribution in [2.75, 3.05) is 56.2 Å². The summed E-state index contributed by atoms with van der Waals surface area (Å²) in [6.45, 7) is 8.50. The highest BCUT2D eigenvalue weighted by molar-refractivity contribution is 6.02. The number of fused-ring (bicyclic) bond motifs is 1. The number of hydrogen-bond acceptors (Lipinski definition) is 8. The molecule has 1 unspecified atom stereocenters. The number of rotatable bonds is 4. The Balaban J connectivity index is 1.32. The number of ether oxygens (including phenoxy) is 1. The Hall–Kier alpha value is -4.30. The third-order valence-electron chi connectivity index (χ3n) is 7.00. The van der Waals surface area contributed by atoms with Crippen LogP contribution in [0.4, 0.5) is 11.5 Å². The first kappa shape index (κ1) is 25.4. The molecule has 2 aliphatic heterocycles. The lowest BCUT2D eigenvalue weighted by Crippen LogP contribution is -2.58. The number of nitrogens with zero attached hydrogens (tertiary/aromatic N) is 8. The molecule has 38 heavy (non-hydrogen) atoms. The molecular weight excluding hydrogens is 482 g/mol. The van der Waals surface area contributed by atoms with E-state index >= 15 is 0 Å². The van der Waals surface area contributed by atoms with E-state index in [4.69, 9.17) is 4.74 Å². The number of morpholine rings is 1. The number of piperazine rings is 1. The summed E-state index contributed by atoms with van der Waals surface area (Å²) in [5.41, 5.74) is 2.06.